The smallest absolute Gasteiger partial charge is 0.226 e. The molecule has 0 heterocycles. The average molecular weight is 254 g/mol. The van der Waals surface area contributed by atoms with Crippen LogP contribution in [-0.2, 0) is 4.79 Å². The van der Waals surface area contributed by atoms with E-state index in [0.29, 0.717) is 25.0 Å². The first-order chi connectivity index (χ1) is 8.47. The van der Waals surface area contributed by atoms with Gasteiger partial charge >= 0.3 is 0 Å². The summed E-state index contributed by atoms with van der Waals surface area (Å²) in [5.41, 5.74) is 5.85. The topological polar surface area (TPSA) is 46.3 Å². The molecule has 1 rings (SSSR count). The lowest BCUT2D eigenvalue weighted by Gasteiger charge is -2.36. The molecule has 3 nitrogen and oxygen atoms in total. The Labute approximate surface area is 112 Å². The first kappa shape index (κ1) is 15.5. The fourth-order valence-corrected chi connectivity index (χ4v) is 3.33. The number of amides is 1. The molecule has 1 atom stereocenters. The lowest BCUT2D eigenvalue weighted by atomic mass is 9.80. The van der Waals surface area contributed by atoms with Crippen LogP contribution in [0.1, 0.15) is 59.8 Å². The molecule has 3 heteroatoms. The summed E-state index contributed by atoms with van der Waals surface area (Å²) in [6.45, 7) is 10.1. The van der Waals surface area contributed by atoms with Gasteiger partial charge in [-0.2, -0.15) is 0 Å². The Kier molecular flexibility index (Phi) is 5.64. The number of rotatable bonds is 6. The van der Waals surface area contributed by atoms with Crippen LogP contribution in [0.2, 0.25) is 0 Å². The number of carbonyl (C=O) groups excluding carboxylic acids is 1. The van der Waals surface area contributed by atoms with Crippen molar-refractivity contribution < 1.29 is 4.79 Å². The summed E-state index contributed by atoms with van der Waals surface area (Å²) in [7, 11) is 0. The molecule has 106 valence electrons. The van der Waals surface area contributed by atoms with Crippen molar-refractivity contribution in [1.82, 2.24) is 4.90 Å². The lowest BCUT2D eigenvalue weighted by Crippen LogP contribution is -2.47. The molecule has 0 bridgehead atoms. The van der Waals surface area contributed by atoms with Crippen LogP contribution < -0.4 is 5.73 Å². The van der Waals surface area contributed by atoms with E-state index in [0.717, 1.165) is 19.3 Å². The van der Waals surface area contributed by atoms with Crippen LogP contribution in [0, 0.1) is 11.3 Å². The van der Waals surface area contributed by atoms with Gasteiger partial charge in [-0.25, -0.2) is 0 Å². The van der Waals surface area contributed by atoms with E-state index < -0.39 is 0 Å². The van der Waals surface area contributed by atoms with Crippen molar-refractivity contribution in [2.24, 2.45) is 17.1 Å². The van der Waals surface area contributed by atoms with Crippen molar-refractivity contribution in [3.63, 3.8) is 0 Å². The third-order valence-corrected chi connectivity index (χ3v) is 4.59. The maximum absolute atomic E-state index is 12.8. The zero-order valence-corrected chi connectivity index (χ0v) is 12.5. The maximum atomic E-state index is 12.8. The van der Waals surface area contributed by atoms with Gasteiger partial charge in [0.05, 0.1) is 0 Å². The molecule has 1 fully saturated rings. The predicted molar refractivity (Wildman–Crippen MR) is 76.3 cm³/mol. The molecule has 1 aliphatic carbocycles. The zero-order valence-electron chi connectivity index (χ0n) is 12.5. The minimum absolute atomic E-state index is 0.163. The summed E-state index contributed by atoms with van der Waals surface area (Å²) < 4.78 is 0. The van der Waals surface area contributed by atoms with E-state index in [4.69, 9.17) is 5.73 Å². The van der Waals surface area contributed by atoms with E-state index in [1.54, 1.807) is 0 Å². The van der Waals surface area contributed by atoms with Crippen LogP contribution in [0.4, 0.5) is 0 Å². The third-order valence-electron chi connectivity index (χ3n) is 4.59. The molecule has 1 amide bonds. The Bertz CT molecular complexity index is 272. The molecule has 1 unspecified atom stereocenters. The number of carbonyl (C=O) groups is 1. The predicted octanol–water partition coefficient (Wildman–Crippen LogP) is 2.79. The lowest BCUT2D eigenvalue weighted by molar-refractivity contribution is -0.140. The summed E-state index contributed by atoms with van der Waals surface area (Å²) in [6.07, 6.45) is 5.45. The molecule has 0 saturated heterocycles. The van der Waals surface area contributed by atoms with Gasteiger partial charge in [0.15, 0.2) is 0 Å². The number of nitrogens with two attached hydrogens (primary N) is 1. The third kappa shape index (κ3) is 3.25. The minimum atomic E-state index is 0.163. The van der Waals surface area contributed by atoms with Gasteiger partial charge in [-0.1, -0.05) is 34.1 Å². The Morgan fingerprint density at radius 1 is 1.39 bits per heavy atom. The highest BCUT2D eigenvalue weighted by Crippen LogP contribution is 2.43. The Balaban J connectivity index is 2.82. The van der Waals surface area contributed by atoms with Gasteiger partial charge in [-0.05, 0) is 31.1 Å². The molecule has 0 radical (unpaired) electrons. The van der Waals surface area contributed by atoms with Gasteiger partial charge in [-0.15, -0.1) is 0 Å². The van der Waals surface area contributed by atoms with E-state index in [1.807, 2.05) is 0 Å². The summed E-state index contributed by atoms with van der Waals surface area (Å²) in [5.74, 6) is 0.543. The van der Waals surface area contributed by atoms with E-state index in [2.05, 4.69) is 32.6 Å². The second kappa shape index (κ2) is 6.55. The Morgan fingerprint density at radius 2 is 2.00 bits per heavy atom. The highest BCUT2D eigenvalue weighted by atomic mass is 16.2. The van der Waals surface area contributed by atoms with Gasteiger partial charge in [-0.3, -0.25) is 4.79 Å². The van der Waals surface area contributed by atoms with Crippen molar-refractivity contribution in [2.75, 3.05) is 13.1 Å². The summed E-state index contributed by atoms with van der Waals surface area (Å²) >= 11 is 0. The SMILES string of the molecule is CCC(CC)N(CCN)C(=O)C1CCCC1(C)C. The molecule has 0 aromatic heterocycles. The van der Waals surface area contributed by atoms with Gasteiger partial charge in [0.2, 0.25) is 5.91 Å². The van der Waals surface area contributed by atoms with Crippen molar-refractivity contribution in [2.45, 2.75) is 65.8 Å². The number of hydrogen-bond acceptors (Lipinski definition) is 2. The molecular formula is C15H30N2O. The van der Waals surface area contributed by atoms with Gasteiger partial charge in [0.1, 0.15) is 0 Å². The highest BCUT2D eigenvalue weighted by molar-refractivity contribution is 5.80. The van der Waals surface area contributed by atoms with E-state index in [1.165, 1.54) is 12.8 Å². The van der Waals surface area contributed by atoms with Crippen molar-refractivity contribution in [1.29, 1.82) is 0 Å². The van der Waals surface area contributed by atoms with Gasteiger partial charge < -0.3 is 10.6 Å². The molecule has 2 N–H and O–H groups in total. The molecule has 0 aromatic carbocycles. The first-order valence-electron chi connectivity index (χ1n) is 7.48. The van der Waals surface area contributed by atoms with E-state index >= 15 is 0 Å². The van der Waals surface area contributed by atoms with Crippen LogP contribution >= 0.6 is 0 Å². The Morgan fingerprint density at radius 3 is 2.39 bits per heavy atom. The van der Waals surface area contributed by atoms with Gasteiger partial charge in [0, 0.05) is 25.0 Å². The van der Waals surface area contributed by atoms with Crippen LogP contribution in [0.3, 0.4) is 0 Å². The van der Waals surface area contributed by atoms with Crippen LogP contribution in [0.5, 0.6) is 0 Å². The quantitative estimate of drug-likeness (QED) is 0.792. The van der Waals surface area contributed by atoms with Gasteiger partial charge in [0.25, 0.3) is 0 Å². The molecular weight excluding hydrogens is 224 g/mol. The standard InChI is InChI=1S/C15H30N2O/c1-5-12(6-2)17(11-10-16)14(18)13-8-7-9-15(13,3)4/h12-13H,5-11,16H2,1-4H3. The zero-order chi connectivity index (χ0) is 13.8. The largest absolute Gasteiger partial charge is 0.338 e. The second-order valence-electron chi connectivity index (χ2n) is 6.22. The summed E-state index contributed by atoms with van der Waals surface area (Å²) in [4.78, 5) is 14.8. The minimum Gasteiger partial charge on any atom is -0.338 e. The van der Waals surface area contributed by atoms with Crippen LogP contribution in [-0.4, -0.2) is 29.9 Å². The number of hydrogen-bond donors (Lipinski definition) is 1. The molecule has 1 saturated carbocycles. The average Bonchev–Trinajstić information content (AvgIpc) is 2.68. The van der Waals surface area contributed by atoms with E-state index in [9.17, 15) is 4.79 Å². The van der Waals surface area contributed by atoms with Crippen molar-refractivity contribution in [3.8, 4) is 0 Å². The monoisotopic (exact) mass is 254 g/mol. The van der Waals surface area contributed by atoms with Crippen molar-refractivity contribution in [3.05, 3.63) is 0 Å². The second-order valence-corrected chi connectivity index (χ2v) is 6.22. The molecule has 18 heavy (non-hydrogen) atoms. The molecule has 0 aromatic rings. The fraction of sp³-hybridized carbons (Fsp3) is 0.933. The van der Waals surface area contributed by atoms with Crippen LogP contribution in [0.15, 0.2) is 0 Å². The highest BCUT2D eigenvalue weighted by Gasteiger charge is 2.41. The number of nitrogens with zero attached hydrogens (tertiary/aromatic N) is 1. The first-order valence-corrected chi connectivity index (χ1v) is 7.48. The van der Waals surface area contributed by atoms with Crippen LogP contribution in [0.25, 0.3) is 0 Å². The molecule has 0 aliphatic heterocycles. The fourth-order valence-electron chi connectivity index (χ4n) is 3.33. The Hall–Kier alpha value is -0.570. The summed E-state index contributed by atoms with van der Waals surface area (Å²) in [6, 6.07) is 0.359. The maximum Gasteiger partial charge on any atom is 0.226 e. The molecule has 0 spiro atoms. The normalized spacial score (nSPS) is 22.4. The summed E-state index contributed by atoms with van der Waals surface area (Å²) in [5, 5.41) is 0. The van der Waals surface area contributed by atoms with Crippen molar-refractivity contribution >= 4 is 5.91 Å². The van der Waals surface area contributed by atoms with E-state index in [-0.39, 0.29) is 11.3 Å². The molecule has 1 aliphatic rings.